The molecule has 1 aromatic heterocycles. The molecule has 3 aromatic carbocycles. The second-order valence-corrected chi connectivity index (χ2v) is 13.0. The molecule has 3 atom stereocenters. The van der Waals surface area contributed by atoms with E-state index in [4.69, 9.17) is 21.1 Å². The van der Waals surface area contributed by atoms with E-state index < -0.39 is 29.0 Å². The molecule has 1 aliphatic heterocycles. The van der Waals surface area contributed by atoms with Crippen LogP contribution in [-0.2, 0) is 16.1 Å². The smallest absolute Gasteiger partial charge is 0.307 e. The van der Waals surface area contributed by atoms with Crippen molar-refractivity contribution in [3.63, 3.8) is 0 Å². The maximum absolute atomic E-state index is 14.6. The van der Waals surface area contributed by atoms with Crippen molar-refractivity contribution < 1.29 is 19.1 Å². The third kappa shape index (κ3) is 7.93. The van der Waals surface area contributed by atoms with Crippen molar-refractivity contribution in [2.75, 3.05) is 6.61 Å². The van der Waals surface area contributed by atoms with Crippen molar-refractivity contribution in [1.29, 1.82) is 5.26 Å². The molecule has 248 valence electrons. The van der Waals surface area contributed by atoms with Crippen LogP contribution in [0.3, 0.4) is 0 Å². The van der Waals surface area contributed by atoms with Gasteiger partial charge in [0.2, 0.25) is 5.91 Å². The summed E-state index contributed by atoms with van der Waals surface area (Å²) >= 11 is 6.35. The minimum atomic E-state index is -1.06. The summed E-state index contributed by atoms with van der Waals surface area (Å²) in [4.78, 5) is 42.3. The molecule has 4 aromatic rings. The van der Waals surface area contributed by atoms with Gasteiger partial charge >= 0.3 is 5.56 Å². The van der Waals surface area contributed by atoms with Gasteiger partial charge in [-0.25, -0.2) is 5.10 Å². The number of H-pyrrole nitrogens is 1. The van der Waals surface area contributed by atoms with Gasteiger partial charge < -0.3 is 19.7 Å². The number of benzene rings is 3. The van der Waals surface area contributed by atoms with Gasteiger partial charge in [-0.05, 0) is 87.6 Å². The van der Waals surface area contributed by atoms with E-state index in [9.17, 15) is 19.6 Å². The molecule has 10 nitrogen and oxygen atoms in total. The van der Waals surface area contributed by atoms with Gasteiger partial charge in [0, 0.05) is 16.7 Å². The predicted octanol–water partition coefficient (Wildman–Crippen LogP) is 6.43. The lowest BCUT2D eigenvalue weighted by molar-refractivity contribution is -0.139. The topological polar surface area (TPSA) is 137 Å². The molecule has 11 heteroatoms. The molecule has 5 rings (SSSR count). The van der Waals surface area contributed by atoms with Crippen molar-refractivity contribution in [2.24, 2.45) is 5.41 Å². The summed E-state index contributed by atoms with van der Waals surface area (Å²) in [6.07, 6.45) is 1.24. The van der Waals surface area contributed by atoms with Gasteiger partial charge in [0.05, 0.1) is 42.5 Å². The fraction of sp³-hybridized carbons (Fsp3) is 0.324. The van der Waals surface area contributed by atoms with Crippen LogP contribution in [0, 0.1) is 30.6 Å². The lowest BCUT2D eigenvalue weighted by atomic mass is 9.84. The zero-order valence-corrected chi connectivity index (χ0v) is 28.1. The molecule has 0 radical (unpaired) electrons. The van der Waals surface area contributed by atoms with Crippen molar-refractivity contribution in [3.05, 3.63) is 122 Å². The van der Waals surface area contributed by atoms with Crippen LogP contribution < -0.4 is 15.6 Å². The highest BCUT2D eigenvalue weighted by molar-refractivity contribution is 6.30. The molecule has 2 heterocycles. The number of hydrogen-bond donors (Lipinski definition) is 2. The van der Waals surface area contributed by atoms with Gasteiger partial charge in [-0.1, -0.05) is 54.1 Å². The van der Waals surface area contributed by atoms with Crippen molar-refractivity contribution >= 4 is 23.4 Å². The first-order valence-corrected chi connectivity index (χ1v) is 16.1. The van der Waals surface area contributed by atoms with E-state index in [0.29, 0.717) is 40.4 Å². The van der Waals surface area contributed by atoms with Crippen LogP contribution in [0.15, 0.2) is 83.7 Å². The lowest BCUT2D eigenvalue weighted by Gasteiger charge is -2.38. The van der Waals surface area contributed by atoms with Gasteiger partial charge in [0.25, 0.3) is 5.91 Å². The Morgan fingerprint density at radius 3 is 2.54 bits per heavy atom. The van der Waals surface area contributed by atoms with Crippen molar-refractivity contribution in [1.82, 2.24) is 20.4 Å². The number of aromatic nitrogens is 2. The monoisotopic (exact) mass is 667 g/mol. The first-order valence-electron chi connectivity index (χ1n) is 15.7. The number of nitriles is 1. The zero-order valence-electron chi connectivity index (χ0n) is 27.3. The Bertz CT molecular complexity index is 1890. The van der Waals surface area contributed by atoms with Gasteiger partial charge in [-0.3, -0.25) is 14.4 Å². The van der Waals surface area contributed by atoms with Crippen LogP contribution in [0.4, 0.5) is 0 Å². The van der Waals surface area contributed by atoms with E-state index in [1.165, 1.54) is 6.07 Å². The number of aromatic amines is 1. The van der Waals surface area contributed by atoms with Gasteiger partial charge in [0.1, 0.15) is 11.8 Å². The Morgan fingerprint density at radius 1 is 1.06 bits per heavy atom. The molecule has 1 unspecified atom stereocenters. The van der Waals surface area contributed by atoms with E-state index in [0.717, 1.165) is 11.1 Å². The number of carbonyl (C=O) groups is 2. The highest BCUT2D eigenvalue weighted by Gasteiger charge is 2.47. The molecule has 0 saturated carbocycles. The van der Waals surface area contributed by atoms with Crippen LogP contribution in [-0.4, -0.2) is 45.6 Å². The van der Waals surface area contributed by atoms with E-state index in [2.05, 4.69) is 21.6 Å². The standard InChI is InChI=1S/C37H38ClN5O5/c1-23-17-27(13-15-31(23)48-32-18-24(2)41-42-35(32)45)34(44)40-29(21-47-20-25-9-6-5-7-10-25)36(46)43-30(26-11-8-12-28(38)19-26)14-16-33(43)37(3,4)22-39/h5-13,15,17-19,29-30,33H,14,16,20-21H2,1-4H3,(H,40,44)(H,42,45)/t29?,30-,33+/m0/s1. The Kier molecular flexibility index (Phi) is 10.6. The second-order valence-electron chi connectivity index (χ2n) is 12.6. The van der Waals surface area contributed by atoms with E-state index >= 15 is 0 Å². The minimum absolute atomic E-state index is 0.0822. The van der Waals surface area contributed by atoms with Gasteiger partial charge in [-0.15, -0.1) is 0 Å². The van der Waals surface area contributed by atoms with Crippen LogP contribution >= 0.6 is 11.6 Å². The molecule has 0 spiro atoms. The van der Waals surface area contributed by atoms with E-state index in [-0.39, 0.29) is 30.9 Å². The number of ether oxygens (including phenoxy) is 2. The molecule has 2 N–H and O–H groups in total. The summed E-state index contributed by atoms with van der Waals surface area (Å²) in [6.45, 7) is 7.28. The van der Waals surface area contributed by atoms with Crippen LogP contribution in [0.2, 0.25) is 5.02 Å². The number of likely N-dealkylation sites (tertiary alicyclic amines) is 1. The molecule has 1 fully saturated rings. The molecule has 1 saturated heterocycles. The first-order chi connectivity index (χ1) is 23.0. The number of nitrogens with one attached hydrogen (secondary N) is 2. The number of halogens is 1. The fourth-order valence-corrected chi connectivity index (χ4v) is 6.19. The number of nitrogens with zero attached hydrogens (tertiary/aromatic N) is 3. The quantitative estimate of drug-likeness (QED) is 0.188. The van der Waals surface area contributed by atoms with E-state index in [1.807, 2.05) is 62.4 Å². The fourth-order valence-electron chi connectivity index (χ4n) is 5.99. The van der Waals surface area contributed by atoms with Crippen molar-refractivity contribution in [2.45, 2.75) is 65.3 Å². The maximum atomic E-state index is 14.6. The van der Waals surface area contributed by atoms with Crippen LogP contribution in [0.25, 0.3) is 0 Å². The van der Waals surface area contributed by atoms with Crippen molar-refractivity contribution in [3.8, 4) is 17.6 Å². The summed E-state index contributed by atoms with van der Waals surface area (Å²) in [6, 6.07) is 23.8. The number of hydrogen-bond acceptors (Lipinski definition) is 7. The number of aryl methyl sites for hydroxylation is 2. The SMILES string of the molecule is Cc1cc(Oc2ccc(C(=O)NC(COCc3ccccc3)C(=O)N3[C@H](c4cccc(Cl)c4)CC[C@@H]3C(C)(C)C#N)cc2C)c(=O)[nH]n1. The highest BCUT2D eigenvalue weighted by atomic mass is 35.5. The highest BCUT2D eigenvalue weighted by Crippen LogP contribution is 2.44. The molecular weight excluding hydrogens is 630 g/mol. The zero-order chi connectivity index (χ0) is 34.4. The number of amides is 2. The van der Waals surface area contributed by atoms with Gasteiger partial charge in [0.15, 0.2) is 5.75 Å². The normalized spacial score (nSPS) is 16.6. The maximum Gasteiger partial charge on any atom is 0.307 e. The summed E-state index contributed by atoms with van der Waals surface area (Å²) in [5.74, 6) is -0.363. The molecule has 48 heavy (non-hydrogen) atoms. The summed E-state index contributed by atoms with van der Waals surface area (Å²) in [5.41, 5.74) is 1.93. The third-order valence-corrected chi connectivity index (χ3v) is 8.78. The predicted molar refractivity (Wildman–Crippen MR) is 182 cm³/mol. The Hall–Kier alpha value is -4.98. The minimum Gasteiger partial charge on any atom is -0.451 e. The molecule has 2 amide bonds. The average molecular weight is 668 g/mol. The number of carbonyl (C=O) groups excluding carboxylic acids is 2. The molecular formula is C37H38ClN5O5. The molecule has 0 aliphatic carbocycles. The van der Waals surface area contributed by atoms with E-state index in [1.54, 1.807) is 43.0 Å². The molecule has 0 bridgehead atoms. The summed E-state index contributed by atoms with van der Waals surface area (Å²) in [5, 5.41) is 19.8. The third-order valence-electron chi connectivity index (χ3n) is 8.55. The second kappa shape index (κ2) is 14.8. The largest absolute Gasteiger partial charge is 0.451 e. The lowest BCUT2D eigenvalue weighted by Crippen LogP contribution is -2.55. The summed E-state index contributed by atoms with van der Waals surface area (Å²) in [7, 11) is 0. The Morgan fingerprint density at radius 2 is 1.83 bits per heavy atom. The van der Waals surface area contributed by atoms with Crippen LogP contribution in [0.1, 0.15) is 65.5 Å². The van der Waals surface area contributed by atoms with Crippen LogP contribution in [0.5, 0.6) is 11.5 Å². The summed E-state index contributed by atoms with van der Waals surface area (Å²) < 4.78 is 11.9. The Labute approximate surface area is 284 Å². The van der Waals surface area contributed by atoms with Gasteiger partial charge in [-0.2, -0.15) is 10.4 Å². The number of rotatable bonds is 11. The average Bonchev–Trinajstić information content (AvgIpc) is 3.53. The Balaban J connectivity index is 1.43. The molecule has 1 aliphatic rings. The first kappa shape index (κ1) is 34.4.